The van der Waals surface area contributed by atoms with Crippen molar-refractivity contribution in [3.05, 3.63) is 29.8 Å². The number of hydrogen-bond acceptors (Lipinski definition) is 5. The van der Waals surface area contributed by atoms with E-state index in [-0.39, 0.29) is 5.60 Å². The van der Waals surface area contributed by atoms with E-state index in [9.17, 15) is 0 Å². The Bertz CT molecular complexity index is 579. The molecule has 0 radical (unpaired) electrons. The van der Waals surface area contributed by atoms with Crippen LogP contribution in [0.2, 0.25) is 0 Å². The van der Waals surface area contributed by atoms with Crippen LogP contribution in [0.1, 0.15) is 45.1 Å². The number of hydrogen-bond donors (Lipinski definition) is 1. The SMILES string of the molecule is CCCCOc1ccc(C2=CC3(CCOC3)ON2)cc1OCCC. The molecule has 3 rings (SSSR count). The maximum absolute atomic E-state index is 5.89. The molecule has 0 saturated carbocycles. The largest absolute Gasteiger partial charge is 0.490 e. The Morgan fingerprint density at radius 3 is 2.75 bits per heavy atom. The maximum Gasteiger partial charge on any atom is 0.161 e. The summed E-state index contributed by atoms with van der Waals surface area (Å²) in [5, 5.41) is 0. The van der Waals surface area contributed by atoms with Gasteiger partial charge in [-0.3, -0.25) is 10.3 Å². The zero-order valence-electron chi connectivity index (χ0n) is 14.6. The van der Waals surface area contributed by atoms with Gasteiger partial charge in [-0.05, 0) is 37.1 Å². The molecule has 1 unspecified atom stereocenters. The molecule has 24 heavy (non-hydrogen) atoms. The van der Waals surface area contributed by atoms with Crippen LogP contribution in [-0.2, 0) is 9.57 Å². The minimum atomic E-state index is -0.323. The van der Waals surface area contributed by atoms with Gasteiger partial charge in [0.05, 0.1) is 25.5 Å². The Morgan fingerprint density at radius 2 is 2.00 bits per heavy atom. The second-order valence-electron chi connectivity index (χ2n) is 6.34. The van der Waals surface area contributed by atoms with E-state index in [4.69, 9.17) is 19.0 Å². The second kappa shape index (κ2) is 7.90. The van der Waals surface area contributed by atoms with Crippen LogP contribution in [0.5, 0.6) is 11.5 Å². The molecule has 1 spiro atoms. The van der Waals surface area contributed by atoms with Crippen molar-refractivity contribution in [2.75, 3.05) is 26.4 Å². The molecule has 132 valence electrons. The van der Waals surface area contributed by atoms with E-state index in [1.54, 1.807) is 0 Å². The number of hydroxylamine groups is 1. The molecule has 2 aliphatic rings. The van der Waals surface area contributed by atoms with Crippen LogP contribution in [0.4, 0.5) is 0 Å². The molecule has 0 aliphatic carbocycles. The van der Waals surface area contributed by atoms with Gasteiger partial charge in [-0.15, -0.1) is 0 Å². The van der Waals surface area contributed by atoms with Crippen molar-refractivity contribution in [3.63, 3.8) is 0 Å². The summed E-state index contributed by atoms with van der Waals surface area (Å²) >= 11 is 0. The summed E-state index contributed by atoms with van der Waals surface area (Å²) in [7, 11) is 0. The molecule has 1 aromatic rings. The molecule has 1 saturated heterocycles. The fourth-order valence-corrected chi connectivity index (χ4v) is 2.82. The van der Waals surface area contributed by atoms with Crippen molar-refractivity contribution in [2.45, 2.75) is 45.1 Å². The molecule has 5 heteroatoms. The lowest BCUT2D eigenvalue weighted by Gasteiger charge is -2.15. The van der Waals surface area contributed by atoms with E-state index in [0.29, 0.717) is 19.8 Å². The van der Waals surface area contributed by atoms with Crippen LogP contribution in [0.15, 0.2) is 24.3 Å². The predicted molar refractivity (Wildman–Crippen MR) is 93.0 cm³/mol. The molecule has 0 aromatic heterocycles. The van der Waals surface area contributed by atoms with Crippen LogP contribution < -0.4 is 15.0 Å². The van der Waals surface area contributed by atoms with Crippen LogP contribution in [0.3, 0.4) is 0 Å². The van der Waals surface area contributed by atoms with Crippen LogP contribution in [0, 0.1) is 0 Å². The van der Waals surface area contributed by atoms with Gasteiger partial charge in [0.25, 0.3) is 0 Å². The minimum absolute atomic E-state index is 0.323. The molecule has 2 aliphatic heterocycles. The predicted octanol–water partition coefficient (Wildman–Crippen LogP) is 3.69. The average Bonchev–Trinajstić information content (AvgIpc) is 3.24. The first kappa shape index (κ1) is 17.1. The topological polar surface area (TPSA) is 49.0 Å². The number of nitrogens with one attached hydrogen (secondary N) is 1. The van der Waals surface area contributed by atoms with Gasteiger partial charge in [0.15, 0.2) is 11.5 Å². The average molecular weight is 333 g/mol. The number of unbranched alkanes of at least 4 members (excludes halogenated alkanes) is 1. The van der Waals surface area contributed by atoms with E-state index in [0.717, 1.165) is 55.0 Å². The highest BCUT2D eigenvalue weighted by molar-refractivity contribution is 5.68. The van der Waals surface area contributed by atoms with Crippen molar-refractivity contribution < 1.29 is 19.0 Å². The van der Waals surface area contributed by atoms with Gasteiger partial charge in [-0.2, -0.15) is 0 Å². The Balaban J connectivity index is 1.78. The molecule has 0 amide bonds. The summed E-state index contributed by atoms with van der Waals surface area (Å²) in [6.07, 6.45) is 6.11. The van der Waals surface area contributed by atoms with Crippen molar-refractivity contribution in [1.29, 1.82) is 0 Å². The molecule has 5 nitrogen and oxygen atoms in total. The minimum Gasteiger partial charge on any atom is -0.490 e. The number of ether oxygens (including phenoxy) is 3. The number of rotatable bonds is 8. The van der Waals surface area contributed by atoms with E-state index < -0.39 is 0 Å². The molecule has 2 heterocycles. The monoisotopic (exact) mass is 333 g/mol. The lowest BCUT2D eigenvalue weighted by molar-refractivity contribution is -0.0373. The summed E-state index contributed by atoms with van der Waals surface area (Å²) in [6.45, 7) is 6.97. The summed E-state index contributed by atoms with van der Waals surface area (Å²) in [5.74, 6) is 1.59. The van der Waals surface area contributed by atoms with Gasteiger partial charge >= 0.3 is 0 Å². The summed E-state index contributed by atoms with van der Waals surface area (Å²) < 4.78 is 17.2. The van der Waals surface area contributed by atoms with E-state index in [1.165, 1.54) is 0 Å². The van der Waals surface area contributed by atoms with E-state index >= 15 is 0 Å². The first-order valence-corrected chi connectivity index (χ1v) is 8.91. The lowest BCUT2D eigenvalue weighted by Crippen LogP contribution is -2.29. The van der Waals surface area contributed by atoms with Gasteiger partial charge in [-0.25, -0.2) is 0 Å². The fourth-order valence-electron chi connectivity index (χ4n) is 2.82. The van der Waals surface area contributed by atoms with Gasteiger partial charge in [0.2, 0.25) is 0 Å². The first-order chi connectivity index (χ1) is 11.8. The third-order valence-electron chi connectivity index (χ3n) is 4.26. The Hall–Kier alpha value is -1.72. The van der Waals surface area contributed by atoms with Crippen molar-refractivity contribution in [3.8, 4) is 11.5 Å². The highest BCUT2D eigenvalue weighted by Crippen LogP contribution is 2.36. The van der Waals surface area contributed by atoms with Crippen molar-refractivity contribution >= 4 is 5.70 Å². The highest BCUT2D eigenvalue weighted by atomic mass is 16.7. The molecule has 1 N–H and O–H groups in total. The third-order valence-corrected chi connectivity index (χ3v) is 4.26. The molecule has 1 aromatic carbocycles. The van der Waals surface area contributed by atoms with Gasteiger partial charge in [0, 0.05) is 18.6 Å². The molecular formula is C19H27NO4. The van der Waals surface area contributed by atoms with Gasteiger partial charge in [0.1, 0.15) is 5.60 Å². The molecule has 1 atom stereocenters. The zero-order chi connectivity index (χ0) is 16.8. The maximum atomic E-state index is 5.89. The normalized spacial score (nSPS) is 22.5. The van der Waals surface area contributed by atoms with E-state index in [2.05, 4.69) is 25.4 Å². The third kappa shape index (κ3) is 3.84. The smallest absolute Gasteiger partial charge is 0.161 e. The Morgan fingerprint density at radius 1 is 1.12 bits per heavy atom. The molecule has 0 bridgehead atoms. The summed E-state index contributed by atoms with van der Waals surface area (Å²) in [5.41, 5.74) is 4.72. The van der Waals surface area contributed by atoms with Crippen molar-refractivity contribution in [1.82, 2.24) is 5.48 Å². The summed E-state index contributed by atoms with van der Waals surface area (Å²) in [4.78, 5) is 5.76. The van der Waals surface area contributed by atoms with Gasteiger partial charge in [-0.1, -0.05) is 20.3 Å². The number of benzene rings is 1. The van der Waals surface area contributed by atoms with Gasteiger partial charge < -0.3 is 14.2 Å². The quantitative estimate of drug-likeness (QED) is 0.735. The standard InChI is InChI=1S/C19H27NO4/c1-3-5-10-23-17-7-6-15(12-18(17)22-9-4-2)16-13-19(24-20-16)8-11-21-14-19/h6-7,12-13,20H,3-5,8-11,14H2,1-2H3. The highest BCUT2D eigenvalue weighted by Gasteiger charge is 2.39. The fraction of sp³-hybridized carbons (Fsp3) is 0.579. The van der Waals surface area contributed by atoms with Crippen LogP contribution >= 0.6 is 0 Å². The summed E-state index contributed by atoms with van der Waals surface area (Å²) in [6, 6.07) is 6.04. The Kier molecular flexibility index (Phi) is 5.63. The van der Waals surface area contributed by atoms with Crippen LogP contribution in [-0.4, -0.2) is 32.0 Å². The van der Waals surface area contributed by atoms with Crippen molar-refractivity contribution in [2.24, 2.45) is 0 Å². The lowest BCUT2D eigenvalue weighted by atomic mass is 10.0. The first-order valence-electron chi connectivity index (χ1n) is 8.91. The second-order valence-corrected chi connectivity index (χ2v) is 6.34. The zero-order valence-corrected chi connectivity index (χ0v) is 14.6. The Labute approximate surface area is 143 Å². The molecule has 1 fully saturated rings. The molecular weight excluding hydrogens is 306 g/mol. The van der Waals surface area contributed by atoms with E-state index in [1.807, 2.05) is 18.2 Å². The van der Waals surface area contributed by atoms with Crippen LogP contribution in [0.25, 0.3) is 5.70 Å².